The van der Waals surface area contributed by atoms with Crippen LogP contribution in [0.5, 0.6) is 0 Å². The zero-order valence-corrected chi connectivity index (χ0v) is 12.0. The molecule has 0 aromatic carbocycles. The smallest absolute Gasteiger partial charge is 0.295 e. The number of amides is 1. The zero-order valence-electron chi connectivity index (χ0n) is 12.0. The van der Waals surface area contributed by atoms with Crippen LogP contribution >= 0.6 is 0 Å². The summed E-state index contributed by atoms with van der Waals surface area (Å²) < 4.78 is 5.26. The zero-order chi connectivity index (χ0) is 13.9. The summed E-state index contributed by atoms with van der Waals surface area (Å²) in [6.07, 6.45) is 6.70. The van der Waals surface area contributed by atoms with Gasteiger partial charge in [0.1, 0.15) is 0 Å². The third-order valence-electron chi connectivity index (χ3n) is 4.36. The monoisotopic (exact) mass is 278 g/mol. The fourth-order valence-electron chi connectivity index (χ4n) is 3.27. The summed E-state index contributed by atoms with van der Waals surface area (Å²) >= 11 is 0. The highest BCUT2D eigenvalue weighted by atomic mass is 16.5. The lowest BCUT2D eigenvalue weighted by Crippen LogP contribution is -2.39. The van der Waals surface area contributed by atoms with Gasteiger partial charge in [0.25, 0.3) is 11.7 Å². The molecule has 1 aromatic rings. The Kier molecular flexibility index (Phi) is 4.00. The predicted octanol–water partition coefficient (Wildman–Crippen LogP) is 1.90. The molecule has 2 aliphatic rings. The Morgan fingerprint density at radius 2 is 2.15 bits per heavy atom. The average Bonchev–Trinajstić information content (AvgIpc) is 3.20. The van der Waals surface area contributed by atoms with Gasteiger partial charge in [0.2, 0.25) is 5.89 Å². The van der Waals surface area contributed by atoms with Crippen molar-refractivity contribution in [1.29, 1.82) is 0 Å². The van der Waals surface area contributed by atoms with Gasteiger partial charge in [-0.25, -0.2) is 0 Å². The largest absolute Gasteiger partial charge is 0.337 e. The summed E-state index contributed by atoms with van der Waals surface area (Å²) in [6.45, 7) is 3.68. The maximum absolute atomic E-state index is 12.5. The summed E-state index contributed by atoms with van der Waals surface area (Å²) in [5.41, 5.74) is 0. The van der Waals surface area contributed by atoms with E-state index in [1.54, 1.807) is 0 Å². The summed E-state index contributed by atoms with van der Waals surface area (Å²) in [4.78, 5) is 18.7. The van der Waals surface area contributed by atoms with E-state index in [4.69, 9.17) is 4.52 Å². The van der Waals surface area contributed by atoms with Gasteiger partial charge < -0.3 is 14.7 Å². The molecule has 110 valence electrons. The van der Waals surface area contributed by atoms with Gasteiger partial charge in [-0.3, -0.25) is 4.79 Å². The Balaban J connectivity index is 1.72. The average molecular weight is 278 g/mol. The van der Waals surface area contributed by atoms with Gasteiger partial charge >= 0.3 is 0 Å². The number of nitrogens with one attached hydrogen (secondary N) is 1. The number of rotatable bonds is 4. The van der Waals surface area contributed by atoms with Crippen LogP contribution in [-0.2, 0) is 0 Å². The van der Waals surface area contributed by atoms with E-state index in [2.05, 4.69) is 15.5 Å². The predicted molar refractivity (Wildman–Crippen MR) is 73.2 cm³/mol. The van der Waals surface area contributed by atoms with E-state index in [0.29, 0.717) is 18.5 Å². The summed E-state index contributed by atoms with van der Waals surface area (Å²) in [7, 11) is 0. The second-order valence-corrected chi connectivity index (χ2v) is 5.63. The number of hydrogen-bond acceptors (Lipinski definition) is 5. The van der Waals surface area contributed by atoms with Crippen LogP contribution in [0.3, 0.4) is 0 Å². The first-order chi connectivity index (χ1) is 9.79. The molecule has 3 rings (SSSR count). The lowest BCUT2D eigenvalue weighted by molar-refractivity contribution is 0.0677. The quantitative estimate of drug-likeness (QED) is 0.910. The number of carbonyl (C=O) groups is 1. The van der Waals surface area contributed by atoms with Crippen LogP contribution in [0.4, 0.5) is 0 Å². The molecular weight excluding hydrogens is 256 g/mol. The molecule has 2 fully saturated rings. The minimum absolute atomic E-state index is 0.0904. The van der Waals surface area contributed by atoms with Crippen molar-refractivity contribution in [2.75, 3.05) is 13.1 Å². The number of nitrogens with zero attached hydrogens (tertiary/aromatic N) is 3. The van der Waals surface area contributed by atoms with Gasteiger partial charge in [0.15, 0.2) is 0 Å². The third-order valence-corrected chi connectivity index (χ3v) is 4.36. The molecule has 1 saturated carbocycles. The lowest BCUT2D eigenvalue weighted by Gasteiger charge is -2.26. The molecule has 20 heavy (non-hydrogen) atoms. The molecule has 1 amide bonds. The van der Waals surface area contributed by atoms with Crippen molar-refractivity contribution in [2.24, 2.45) is 0 Å². The standard InChI is InChI=1S/C14H22N4O2/c1-2-18(10-6-3-4-7-10)14(19)12-16-13(20-17-12)11-8-5-9-15-11/h10-11,15H,2-9H2,1H3. The number of carbonyl (C=O) groups excluding carboxylic acids is 1. The van der Waals surface area contributed by atoms with Crippen LogP contribution in [0.15, 0.2) is 4.52 Å². The van der Waals surface area contributed by atoms with Crippen LogP contribution in [0.1, 0.15) is 68.0 Å². The highest BCUT2D eigenvalue weighted by Gasteiger charge is 2.30. The topological polar surface area (TPSA) is 71.3 Å². The minimum atomic E-state index is -0.0904. The summed E-state index contributed by atoms with van der Waals surface area (Å²) in [5.74, 6) is 0.670. The van der Waals surface area contributed by atoms with Gasteiger partial charge in [-0.1, -0.05) is 18.0 Å². The highest BCUT2D eigenvalue weighted by Crippen LogP contribution is 2.25. The Labute approximate surface area is 118 Å². The van der Waals surface area contributed by atoms with Crippen molar-refractivity contribution in [3.05, 3.63) is 11.7 Å². The molecule has 6 nitrogen and oxygen atoms in total. The van der Waals surface area contributed by atoms with Gasteiger partial charge in [0, 0.05) is 12.6 Å². The Morgan fingerprint density at radius 3 is 2.80 bits per heavy atom. The van der Waals surface area contributed by atoms with Crippen molar-refractivity contribution in [1.82, 2.24) is 20.4 Å². The summed E-state index contributed by atoms with van der Waals surface area (Å²) in [6, 6.07) is 0.463. The Morgan fingerprint density at radius 1 is 1.35 bits per heavy atom. The van der Waals surface area contributed by atoms with Gasteiger partial charge in [0.05, 0.1) is 6.04 Å². The second-order valence-electron chi connectivity index (χ2n) is 5.63. The highest BCUT2D eigenvalue weighted by molar-refractivity contribution is 5.90. The first-order valence-corrected chi connectivity index (χ1v) is 7.67. The van der Waals surface area contributed by atoms with Crippen LogP contribution in [-0.4, -0.2) is 40.1 Å². The van der Waals surface area contributed by atoms with E-state index in [1.165, 1.54) is 12.8 Å². The minimum Gasteiger partial charge on any atom is -0.337 e. The van der Waals surface area contributed by atoms with E-state index in [0.717, 1.165) is 32.2 Å². The second kappa shape index (κ2) is 5.91. The van der Waals surface area contributed by atoms with Gasteiger partial charge in [-0.05, 0) is 39.2 Å². The van der Waals surface area contributed by atoms with Crippen molar-refractivity contribution in [2.45, 2.75) is 57.5 Å². The van der Waals surface area contributed by atoms with E-state index >= 15 is 0 Å². The van der Waals surface area contributed by atoms with E-state index in [-0.39, 0.29) is 17.8 Å². The molecule has 1 unspecified atom stereocenters. The van der Waals surface area contributed by atoms with E-state index in [9.17, 15) is 4.79 Å². The molecule has 2 heterocycles. The van der Waals surface area contributed by atoms with Gasteiger partial charge in [-0.15, -0.1) is 0 Å². The summed E-state index contributed by atoms with van der Waals surface area (Å²) in [5, 5.41) is 7.19. The van der Waals surface area contributed by atoms with Crippen molar-refractivity contribution >= 4 is 5.91 Å². The molecule has 1 aromatic heterocycles. The molecule has 1 atom stereocenters. The number of aromatic nitrogens is 2. The van der Waals surface area contributed by atoms with E-state index < -0.39 is 0 Å². The lowest BCUT2D eigenvalue weighted by atomic mass is 10.2. The molecule has 1 saturated heterocycles. The third kappa shape index (κ3) is 2.57. The molecule has 1 aliphatic carbocycles. The first-order valence-electron chi connectivity index (χ1n) is 7.67. The van der Waals surface area contributed by atoms with Crippen LogP contribution in [0.2, 0.25) is 0 Å². The maximum atomic E-state index is 12.5. The van der Waals surface area contributed by atoms with Crippen LogP contribution in [0, 0.1) is 0 Å². The Bertz CT molecular complexity index is 461. The molecule has 0 radical (unpaired) electrons. The fraction of sp³-hybridized carbons (Fsp3) is 0.786. The fourth-order valence-corrected chi connectivity index (χ4v) is 3.27. The maximum Gasteiger partial charge on any atom is 0.295 e. The van der Waals surface area contributed by atoms with Gasteiger partial charge in [-0.2, -0.15) is 4.98 Å². The van der Waals surface area contributed by atoms with Crippen molar-refractivity contribution in [3.63, 3.8) is 0 Å². The van der Waals surface area contributed by atoms with E-state index in [1.807, 2.05) is 11.8 Å². The molecule has 6 heteroatoms. The molecule has 1 aliphatic heterocycles. The van der Waals surface area contributed by atoms with Crippen molar-refractivity contribution < 1.29 is 9.32 Å². The molecule has 0 spiro atoms. The number of hydrogen-bond donors (Lipinski definition) is 1. The normalized spacial score (nSPS) is 23.4. The van der Waals surface area contributed by atoms with Crippen LogP contribution < -0.4 is 5.32 Å². The molecule has 0 bridgehead atoms. The van der Waals surface area contributed by atoms with Crippen LogP contribution in [0.25, 0.3) is 0 Å². The molecular formula is C14H22N4O2. The first kappa shape index (κ1) is 13.5. The Hall–Kier alpha value is -1.43. The molecule has 1 N–H and O–H groups in total. The van der Waals surface area contributed by atoms with Crippen molar-refractivity contribution in [3.8, 4) is 0 Å². The SMILES string of the molecule is CCN(C(=O)c1noc(C2CCCN2)n1)C1CCCC1.